The molecule has 0 aliphatic carbocycles. The molecule has 0 fully saturated rings. The molecule has 3 rings (SSSR count). The quantitative estimate of drug-likeness (QED) is 0.538. The number of anilines is 1. The lowest BCUT2D eigenvalue weighted by Crippen LogP contribution is -2.12. The van der Waals surface area contributed by atoms with Crippen molar-refractivity contribution in [2.75, 3.05) is 5.32 Å². The number of nitrogens with zero attached hydrogens (tertiary/aromatic N) is 3. The van der Waals surface area contributed by atoms with E-state index in [0.29, 0.717) is 11.6 Å². The summed E-state index contributed by atoms with van der Waals surface area (Å²) in [6.45, 7) is 0. The average Bonchev–Trinajstić information content (AvgIpc) is 3.02. The molecule has 1 N–H and O–H groups in total. The zero-order chi connectivity index (χ0) is 17.8. The molecule has 0 radical (unpaired) electrons. The van der Waals surface area contributed by atoms with Crippen molar-refractivity contribution in [1.29, 1.82) is 0 Å². The minimum Gasteiger partial charge on any atom is -0.296 e. The molecule has 7 nitrogen and oxygen atoms in total. The zero-order valence-electron chi connectivity index (χ0n) is 12.7. The van der Waals surface area contributed by atoms with Crippen molar-refractivity contribution < 1.29 is 9.72 Å². The van der Waals surface area contributed by atoms with Crippen LogP contribution in [0.25, 0.3) is 0 Å². The minimum atomic E-state index is -0.637. The zero-order valence-corrected chi connectivity index (χ0v) is 14.3. The number of aromatic nitrogens is 2. The van der Waals surface area contributed by atoms with E-state index in [-0.39, 0.29) is 16.3 Å². The standard InChI is InChI=1S/C16H11ClN4O3S/c17-12-7-6-11(9-13(12)21(23)24)15(22)18-16-20-19-14(25-16)8-10-4-2-1-3-5-10/h1-7,9H,8H2,(H,18,20,22). The Labute approximate surface area is 151 Å². The van der Waals surface area contributed by atoms with Crippen molar-refractivity contribution in [3.63, 3.8) is 0 Å². The van der Waals surface area contributed by atoms with Crippen LogP contribution in [-0.2, 0) is 6.42 Å². The number of halogens is 1. The van der Waals surface area contributed by atoms with Crippen LogP contribution in [0.5, 0.6) is 0 Å². The summed E-state index contributed by atoms with van der Waals surface area (Å²) < 4.78 is 0. The maximum atomic E-state index is 12.2. The third kappa shape index (κ3) is 4.17. The van der Waals surface area contributed by atoms with Crippen LogP contribution >= 0.6 is 22.9 Å². The van der Waals surface area contributed by atoms with Gasteiger partial charge in [0.05, 0.1) is 4.92 Å². The number of nitrogens with one attached hydrogen (secondary N) is 1. The van der Waals surface area contributed by atoms with Crippen molar-refractivity contribution in [2.45, 2.75) is 6.42 Å². The predicted molar refractivity (Wildman–Crippen MR) is 95.2 cm³/mol. The average molecular weight is 375 g/mol. The molecule has 1 amide bonds. The molecule has 0 aliphatic rings. The maximum absolute atomic E-state index is 12.2. The molecule has 3 aromatic rings. The number of carbonyl (C=O) groups is 1. The molecule has 0 unspecified atom stereocenters. The minimum absolute atomic E-state index is 0.0254. The van der Waals surface area contributed by atoms with Crippen molar-refractivity contribution in [2.24, 2.45) is 0 Å². The van der Waals surface area contributed by atoms with Gasteiger partial charge < -0.3 is 0 Å². The molecular weight excluding hydrogens is 364 g/mol. The second-order valence-electron chi connectivity index (χ2n) is 5.04. The van der Waals surface area contributed by atoms with E-state index in [2.05, 4.69) is 15.5 Å². The molecule has 9 heteroatoms. The van der Waals surface area contributed by atoms with Gasteiger partial charge in [0.15, 0.2) is 0 Å². The van der Waals surface area contributed by atoms with Crippen LogP contribution in [0.3, 0.4) is 0 Å². The van der Waals surface area contributed by atoms with Gasteiger partial charge in [0, 0.05) is 18.1 Å². The van der Waals surface area contributed by atoms with Crippen LogP contribution in [0, 0.1) is 10.1 Å². The van der Waals surface area contributed by atoms with Gasteiger partial charge in [-0.3, -0.25) is 20.2 Å². The van der Waals surface area contributed by atoms with E-state index < -0.39 is 10.8 Å². The fraction of sp³-hybridized carbons (Fsp3) is 0.0625. The number of carbonyl (C=O) groups excluding carboxylic acids is 1. The number of amides is 1. The summed E-state index contributed by atoms with van der Waals surface area (Å²) in [5.74, 6) is -0.512. The Morgan fingerprint density at radius 3 is 2.68 bits per heavy atom. The molecule has 25 heavy (non-hydrogen) atoms. The smallest absolute Gasteiger partial charge is 0.288 e. The number of nitro groups is 1. The first-order chi connectivity index (χ1) is 12.0. The first kappa shape index (κ1) is 17.0. The third-order valence-electron chi connectivity index (χ3n) is 3.29. The SMILES string of the molecule is O=C(Nc1nnc(Cc2ccccc2)s1)c1ccc(Cl)c([N+](=O)[O-])c1. The summed E-state index contributed by atoms with van der Waals surface area (Å²) in [6, 6.07) is 13.6. The molecule has 1 heterocycles. The topological polar surface area (TPSA) is 98.0 Å². The Hall–Kier alpha value is -2.84. The van der Waals surface area contributed by atoms with Crippen LogP contribution < -0.4 is 5.32 Å². The Morgan fingerprint density at radius 1 is 1.20 bits per heavy atom. The van der Waals surface area contributed by atoms with Crippen LogP contribution in [0.2, 0.25) is 5.02 Å². The molecule has 0 atom stereocenters. The lowest BCUT2D eigenvalue weighted by atomic mass is 10.2. The van der Waals surface area contributed by atoms with Gasteiger partial charge in [-0.05, 0) is 17.7 Å². The van der Waals surface area contributed by atoms with Gasteiger partial charge >= 0.3 is 0 Å². The molecule has 2 aromatic carbocycles. The summed E-state index contributed by atoms with van der Waals surface area (Å²) in [5.41, 5.74) is 0.886. The van der Waals surface area contributed by atoms with Crippen molar-refractivity contribution >= 4 is 39.7 Å². The summed E-state index contributed by atoms with van der Waals surface area (Å²) in [6.07, 6.45) is 0.612. The Morgan fingerprint density at radius 2 is 1.96 bits per heavy atom. The van der Waals surface area contributed by atoms with E-state index >= 15 is 0 Å². The molecule has 0 bridgehead atoms. The molecule has 0 aliphatic heterocycles. The predicted octanol–water partition coefficient (Wildman–Crippen LogP) is 3.94. The van der Waals surface area contributed by atoms with Crippen molar-refractivity contribution in [3.8, 4) is 0 Å². The molecule has 126 valence electrons. The Kier molecular flexibility index (Phi) is 5.01. The summed E-state index contributed by atoms with van der Waals surface area (Å²) >= 11 is 6.99. The van der Waals surface area contributed by atoms with Crippen LogP contribution in [-0.4, -0.2) is 21.0 Å². The van der Waals surface area contributed by atoms with Crippen LogP contribution in [0.15, 0.2) is 48.5 Å². The first-order valence-electron chi connectivity index (χ1n) is 7.14. The molecule has 1 aromatic heterocycles. The van der Waals surface area contributed by atoms with Gasteiger partial charge in [-0.15, -0.1) is 10.2 Å². The van der Waals surface area contributed by atoms with E-state index in [1.807, 2.05) is 30.3 Å². The van der Waals surface area contributed by atoms with Gasteiger partial charge in [-0.1, -0.05) is 53.3 Å². The second-order valence-corrected chi connectivity index (χ2v) is 6.51. The monoisotopic (exact) mass is 374 g/mol. The number of nitro benzene ring substituents is 1. The lowest BCUT2D eigenvalue weighted by molar-refractivity contribution is -0.384. The number of benzene rings is 2. The maximum Gasteiger partial charge on any atom is 0.288 e. The van der Waals surface area contributed by atoms with E-state index in [9.17, 15) is 14.9 Å². The molecule has 0 spiro atoms. The number of rotatable bonds is 5. The highest BCUT2D eigenvalue weighted by atomic mass is 35.5. The molecule has 0 saturated heterocycles. The number of hydrogen-bond donors (Lipinski definition) is 1. The Bertz CT molecular complexity index is 930. The van der Waals surface area contributed by atoms with Crippen molar-refractivity contribution in [1.82, 2.24) is 10.2 Å². The van der Waals surface area contributed by atoms with E-state index in [4.69, 9.17) is 11.6 Å². The molecule has 0 saturated carbocycles. The van der Waals surface area contributed by atoms with Gasteiger partial charge in [0.2, 0.25) is 5.13 Å². The second kappa shape index (κ2) is 7.37. The summed E-state index contributed by atoms with van der Waals surface area (Å²) in [5, 5.41) is 22.5. The Balaban J connectivity index is 1.71. The normalized spacial score (nSPS) is 10.4. The highest BCUT2D eigenvalue weighted by molar-refractivity contribution is 7.15. The largest absolute Gasteiger partial charge is 0.296 e. The highest BCUT2D eigenvalue weighted by Crippen LogP contribution is 2.26. The van der Waals surface area contributed by atoms with Crippen LogP contribution in [0.4, 0.5) is 10.8 Å². The van der Waals surface area contributed by atoms with Gasteiger partial charge in [-0.2, -0.15) is 0 Å². The first-order valence-corrected chi connectivity index (χ1v) is 8.34. The van der Waals surface area contributed by atoms with Gasteiger partial charge in [0.1, 0.15) is 10.0 Å². The van der Waals surface area contributed by atoms with Gasteiger partial charge in [-0.25, -0.2) is 0 Å². The van der Waals surface area contributed by atoms with E-state index in [0.717, 1.165) is 16.6 Å². The van der Waals surface area contributed by atoms with Crippen molar-refractivity contribution in [3.05, 3.63) is 79.8 Å². The summed E-state index contributed by atoms with van der Waals surface area (Å²) in [4.78, 5) is 22.5. The lowest BCUT2D eigenvalue weighted by Gasteiger charge is -2.02. The fourth-order valence-electron chi connectivity index (χ4n) is 2.11. The van der Waals surface area contributed by atoms with Gasteiger partial charge in [0.25, 0.3) is 11.6 Å². The fourth-order valence-corrected chi connectivity index (χ4v) is 3.06. The van der Waals surface area contributed by atoms with E-state index in [1.54, 1.807) is 0 Å². The van der Waals surface area contributed by atoms with Crippen LogP contribution in [0.1, 0.15) is 20.9 Å². The summed E-state index contributed by atoms with van der Waals surface area (Å²) in [7, 11) is 0. The number of hydrogen-bond acceptors (Lipinski definition) is 6. The molecular formula is C16H11ClN4O3S. The van der Waals surface area contributed by atoms with E-state index in [1.165, 1.54) is 23.5 Å². The third-order valence-corrected chi connectivity index (χ3v) is 4.45. The highest BCUT2D eigenvalue weighted by Gasteiger charge is 2.17.